The fourth-order valence-corrected chi connectivity index (χ4v) is 2.91. The number of nitrogens with zero attached hydrogens (tertiary/aromatic N) is 6. The molecule has 1 aliphatic heterocycles. The van der Waals surface area contributed by atoms with Gasteiger partial charge in [0, 0.05) is 12.0 Å². The molecule has 0 radical (unpaired) electrons. The summed E-state index contributed by atoms with van der Waals surface area (Å²) in [6.07, 6.45) is -0.677. The molecule has 3 heterocycles. The maximum absolute atomic E-state index is 12.4. The molecule has 0 spiro atoms. The maximum atomic E-state index is 12.4. The highest BCUT2D eigenvalue weighted by Gasteiger charge is 2.24. The van der Waals surface area contributed by atoms with E-state index in [1.54, 1.807) is 12.1 Å². The van der Waals surface area contributed by atoms with Crippen molar-refractivity contribution in [2.24, 2.45) is 0 Å². The van der Waals surface area contributed by atoms with Gasteiger partial charge in [0.15, 0.2) is 22.5 Å². The van der Waals surface area contributed by atoms with Crippen molar-refractivity contribution in [3.8, 4) is 17.2 Å². The summed E-state index contributed by atoms with van der Waals surface area (Å²) in [6, 6.07) is 6.34. The molecule has 1 aliphatic rings. The molecule has 0 atom stereocenters. The molecule has 12 nitrogen and oxygen atoms in total. The quantitative estimate of drug-likeness (QED) is 0.262. The highest BCUT2D eigenvalue weighted by molar-refractivity contribution is 5.88. The Morgan fingerprint density at radius 1 is 0.889 bits per heavy atom. The third-order valence-electron chi connectivity index (χ3n) is 4.16. The van der Waals surface area contributed by atoms with E-state index in [9.17, 15) is 15.2 Å². The van der Waals surface area contributed by atoms with Crippen LogP contribution < -0.4 is 14.2 Å². The van der Waals surface area contributed by atoms with Gasteiger partial charge in [0.05, 0.1) is 6.61 Å². The molecule has 2 aromatic heterocycles. The molecule has 27 heavy (non-hydrogen) atoms. The molecule has 0 amide bonds. The van der Waals surface area contributed by atoms with Crippen LogP contribution in [-0.4, -0.2) is 53.5 Å². The van der Waals surface area contributed by atoms with E-state index >= 15 is 0 Å². The number of benzene rings is 2. The van der Waals surface area contributed by atoms with Crippen LogP contribution >= 0.6 is 0 Å². The molecule has 2 N–H and O–H groups in total. The predicted molar refractivity (Wildman–Crippen MR) is 85.3 cm³/mol. The molecule has 0 aliphatic carbocycles. The minimum atomic E-state index is -1.07. The van der Waals surface area contributed by atoms with E-state index in [1.807, 2.05) is 0 Å². The molecule has 12 heteroatoms. The first-order valence-electron chi connectivity index (χ1n) is 7.78. The van der Waals surface area contributed by atoms with Crippen molar-refractivity contribution < 1.29 is 29.4 Å². The van der Waals surface area contributed by atoms with E-state index in [4.69, 9.17) is 14.2 Å². The normalized spacial score (nSPS) is 14.1. The lowest BCUT2D eigenvalue weighted by Gasteiger charge is -2.16. The highest BCUT2D eigenvalue weighted by atomic mass is 16.7. The predicted octanol–water partition coefficient (Wildman–Crippen LogP) is 1.16. The molecule has 2 aromatic carbocycles. The van der Waals surface area contributed by atoms with Gasteiger partial charge in [-0.05, 0) is 28.6 Å². The Bertz CT molecular complexity index is 1120. The largest absolute Gasteiger partial charge is 0.519 e. The zero-order chi connectivity index (χ0) is 18.5. The van der Waals surface area contributed by atoms with Crippen LogP contribution in [-0.2, 0) is 6.42 Å². The third kappa shape index (κ3) is 2.27. The molecule has 0 saturated carbocycles. The summed E-state index contributed by atoms with van der Waals surface area (Å²) in [6.45, 7) is 0.235. The summed E-state index contributed by atoms with van der Waals surface area (Å²) in [5.41, 5.74) is 1.46. The number of fused-ring (bicyclic) bond motifs is 6. The van der Waals surface area contributed by atoms with Crippen molar-refractivity contribution in [2.45, 2.75) is 6.42 Å². The van der Waals surface area contributed by atoms with Gasteiger partial charge >= 0.3 is 6.16 Å². The first-order valence-corrected chi connectivity index (χ1v) is 7.78. The average Bonchev–Trinajstić information content (AvgIpc) is 3.22. The lowest BCUT2D eigenvalue weighted by Crippen LogP contribution is -2.18. The Morgan fingerprint density at radius 2 is 1.52 bits per heavy atom. The van der Waals surface area contributed by atoms with Crippen molar-refractivity contribution in [3.63, 3.8) is 0 Å². The van der Waals surface area contributed by atoms with Gasteiger partial charge in [0.25, 0.3) is 0 Å². The maximum Gasteiger partial charge on any atom is 0.519 e. The number of hydrogen-bond donors (Lipinski definition) is 2. The second kappa shape index (κ2) is 5.45. The highest BCUT2D eigenvalue weighted by Crippen LogP contribution is 2.36. The number of rotatable bonds is 0. The molecule has 0 fully saturated rings. The fourth-order valence-electron chi connectivity index (χ4n) is 2.91. The number of carbonyl (C=O) groups is 1. The van der Waals surface area contributed by atoms with Crippen LogP contribution in [0.3, 0.4) is 0 Å². The van der Waals surface area contributed by atoms with Crippen LogP contribution in [0.5, 0.6) is 17.2 Å². The van der Waals surface area contributed by atoms with Gasteiger partial charge in [0.2, 0.25) is 5.75 Å². The van der Waals surface area contributed by atoms with E-state index < -0.39 is 6.16 Å². The Hall–Kier alpha value is -4.09. The van der Waals surface area contributed by atoms with Crippen molar-refractivity contribution in [3.05, 3.63) is 29.8 Å². The molecule has 0 unspecified atom stereocenters. The summed E-state index contributed by atoms with van der Waals surface area (Å²) < 4.78 is 16.4. The Kier molecular flexibility index (Phi) is 3.07. The number of aromatic nitrogens is 6. The molecule has 0 saturated heterocycles. The van der Waals surface area contributed by atoms with Crippen molar-refractivity contribution in [2.75, 3.05) is 6.61 Å². The molecular formula is C15H10N6O6. The van der Waals surface area contributed by atoms with Crippen LogP contribution in [0.15, 0.2) is 24.3 Å². The van der Waals surface area contributed by atoms with Crippen LogP contribution in [0.2, 0.25) is 0 Å². The van der Waals surface area contributed by atoms with Gasteiger partial charge < -0.3 is 24.6 Å². The van der Waals surface area contributed by atoms with Crippen molar-refractivity contribution in [1.82, 2.24) is 30.3 Å². The first kappa shape index (κ1) is 15.2. The Balaban J connectivity index is 1.62. The van der Waals surface area contributed by atoms with Crippen LogP contribution in [0, 0.1) is 0 Å². The average molecular weight is 370 g/mol. The van der Waals surface area contributed by atoms with Gasteiger partial charge in [0.1, 0.15) is 11.0 Å². The summed E-state index contributed by atoms with van der Waals surface area (Å²) in [5, 5.41) is 33.9. The van der Waals surface area contributed by atoms with Crippen LogP contribution in [0.1, 0.15) is 5.56 Å². The SMILES string of the molecule is O=C1Oc2c(ccc3c2nnn3O)CCOc2ccc3c(nnn3O)c2O1. The molecular weight excluding hydrogens is 360 g/mol. The van der Waals surface area contributed by atoms with Crippen LogP contribution in [0.25, 0.3) is 22.1 Å². The lowest BCUT2D eigenvalue weighted by atomic mass is 10.1. The standard InChI is InChI=1S/C15H10N6O6/c22-15-26-13-7(1-2-8-11(13)16-18-20(8)23)5-6-25-10-4-3-9-12(14(10)27-15)17-19-21(9)24/h1-4,23-24H,5-6H2. The van der Waals surface area contributed by atoms with E-state index in [0.717, 1.165) is 0 Å². The van der Waals surface area contributed by atoms with Gasteiger partial charge in [-0.2, -0.15) is 0 Å². The fraction of sp³-hybridized carbons (Fsp3) is 0.133. The number of ether oxygens (including phenoxy) is 3. The van der Waals surface area contributed by atoms with Gasteiger partial charge in [-0.15, -0.1) is 10.2 Å². The van der Waals surface area contributed by atoms with E-state index in [1.165, 1.54) is 12.1 Å². The zero-order valence-corrected chi connectivity index (χ0v) is 13.4. The van der Waals surface area contributed by atoms with E-state index in [2.05, 4.69) is 20.6 Å². The second-order valence-electron chi connectivity index (χ2n) is 5.69. The number of hydrogen-bond acceptors (Lipinski definition) is 10. The lowest BCUT2D eigenvalue weighted by molar-refractivity contribution is 0.148. The minimum absolute atomic E-state index is 0.0285. The molecule has 0 bridgehead atoms. The summed E-state index contributed by atoms with van der Waals surface area (Å²) in [7, 11) is 0. The molecule has 4 aromatic rings. The van der Waals surface area contributed by atoms with Gasteiger partial charge in [-0.3, -0.25) is 0 Å². The van der Waals surface area contributed by atoms with E-state index in [-0.39, 0.29) is 45.9 Å². The number of carbonyl (C=O) groups excluding carboxylic acids is 1. The minimum Gasteiger partial charge on any atom is -0.489 e. The van der Waals surface area contributed by atoms with Crippen molar-refractivity contribution in [1.29, 1.82) is 0 Å². The molecule has 5 rings (SSSR count). The monoisotopic (exact) mass is 370 g/mol. The second-order valence-corrected chi connectivity index (χ2v) is 5.69. The topological polar surface area (TPSA) is 147 Å². The summed E-state index contributed by atoms with van der Waals surface area (Å²) in [4.78, 5) is 13.5. The molecule has 136 valence electrons. The smallest absolute Gasteiger partial charge is 0.489 e. The van der Waals surface area contributed by atoms with Crippen molar-refractivity contribution >= 4 is 28.2 Å². The first-order chi connectivity index (χ1) is 13.1. The van der Waals surface area contributed by atoms with Crippen LogP contribution in [0.4, 0.5) is 4.79 Å². The Morgan fingerprint density at radius 3 is 2.26 bits per heavy atom. The summed E-state index contributed by atoms with van der Waals surface area (Å²) in [5.74, 6) is 0.341. The van der Waals surface area contributed by atoms with Gasteiger partial charge in [-0.25, -0.2) is 4.79 Å². The van der Waals surface area contributed by atoms with E-state index in [0.29, 0.717) is 21.7 Å². The Labute approximate surface area is 149 Å². The third-order valence-corrected chi connectivity index (χ3v) is 4.16. The zero-order valence-electron chi connectivity index (χ0n) is 13.4. The van der Waals surface area contributed by atoms with Gasteiger partial charge in [-0.1, -0.05) is 15.8 Å². The summed E-state index contributed by atoms with van der Waals surface area (Å²) >= 11 is 0.